The quantitative estimate of drug-likeness (QED) is 0.244. The maximum absolute atomic E-state index is 12.1. The summed E-state index contributed by atoms with van der Waals surface area (Å²) in [6.07, 6.45) is -0.287. The van der Waals surface area contributed by atoms with Crippen LogP contribution in [0.15, 0.2) is 15.2 Å². The van der Waals surface area contributed by atoms with Gasteiger partial charge in [0, 0.05) is 32.7 Å². The van der Waals surface area contributed by atoms with Crippen LogP contribution in [0.3, 0.4) is 0 Å². The number of alkyl halides is 1. The molecule has 0 saturated carbocycles. The van der Waals surface area contributed by atoms with E-state index in [0.717, 1.165) is 0 Å². The van der Waals surface area contributed by atoms with Crippen molar-refractivity contribution in [3.05, 3.63) is 0 Å². The maximum atomic E-state index is 12.1. The molecule has 1 aliphatic rings. The average molecular weight is 332 g/mol. The summed E-state index contributed by atoms with van der Waals surface area (Å²) in [7, 11) is 1.67. The predicted molar refractivity (Wildman–Crippen MR) is 87.5 cm³/mol. The van der Waals surface area contributed by atoms with Gasteiger partial charge in [0.25, 0.3) is 0 Å². The Bertz CT molecular complexity index is 445. The van der Waals surface area contributed by atoms with E-state index in [0.29, 0.717) is 25.6 Å². The van der Waals surface area contributed by atoms with Gasteiger partial charge < -0.3 is 14.5 Å². The minimum Gasteiger partial charge on any atom is -0.444 e. The van der Waals surface area contributed by atoms with Gasteiger partial charge >= 0.3 is 6.09 Å². The Morgan fingerprint density at radius 1 is 1.36 bits per heavy atom. The Labute approximate surface area is 137 Å². The lowest BCUT2D eigenvalue weighted by atomic mass is 10.2. The molecule has 1 fully saturated rings. The molecule has 1 saturated heterocycles. The molecule has 1 amide bonds. The molecule has 0 aromatic rings. The Morgan fingerprint density at radius 2 is 2.00 bits per heavy atom. The van der Waals surface area contributed by atoms with Crippen LogP contribution in [0.25, 0.3) is 0 Å². The fourth-order valence-electron chi connectivity index (χ4n) is 2.11. The second kappa shape index (κ2) is 7.76. The molecule has 1 unspecified atom stereocenters. The maximum Gasteiger partial charge on any atom is 0.410 e. The minimum atomic E-state index is -0.488. The zero-order valence-electron chi connectivity index (χ0n) is 14.2. The van der Waals surface area contributed by atoms with Crippen LogP contribution in [-0.2, 0) is 4.74 Å². The van der Waals surface area contributed by atoms with Crippen molar-refractivity contribution in [1.29, 1.82) is 0 Å². The summed E-state index contributed by atoms with van der Waals surface area (Å²) in [5, 5.41) is 8.00. The number of carbonyl (C=O) groups excluding carboxylic acids is 1. The number of azo groups is 1. The Kier molecular flexibility index (Phi) is 6.59. The lowest BCUT2D eigenvalue weighted by Crippen LogP contribution is -2.55. The van der Waals surface area contributed by atoms with Crippen molar-refractivity contribution in [3.63, 3.8) is 0 Å². The van der Waals surface area contributed by atoms with Gasteiger partial charge in [-0.3, -0.25) is 4.99 Å². The number of ether oxygens (including phenoxy) is 1. The SMILES string of the molecule is CN=C(N=NC(C)Cl)N1CCN(C(=O)OC(C)(C)C)C[C@H]1C. The first kappa shape index (κ1) is 18.7. The van der Waals surface area contributed by atoms with Gasteiger partial charge in [-0.25, -0.2) is 4.79 Å². The predicted octanol–water partition coefficient (Wildman–Crippen LogP) is 2.95. The highest BCUT2D eigenvalue weighted by Gasteiger charge is 2.31. The van der Waals surface area contributed by atoms with E-state index in [-0.39, 0.29) is 12.1 Å². The number of rotatable bonds is 1. The highest BCUT2D eigenvalue weighted by atomic mass is 35.5. The standard InChI is InChI=1S/C14H26ClN5O2/c1-10-9-19(13(21)22-14(3,4)5)7-8-20(10)12(16-6)18-17-11(2)15/h10-11H,7-9H2,1-6H3/t10-,11?/m1/s1. The number of hydrogen-bond donors (Lipinski definition) is 0. The van der Waals surface area contributed by atoms with E-state index in [1.165, 1.54) is 0 Å². The lowest BCUT2D eigenvalue weighted by Gasteiger charge is -2.40. The first-order valence-corrected chi connectivity index (χ1v) is 7.84. The molecule has 1 heterocycles. The van der Waals surface area contributed by atoms with Gasteiger partial charge in [0.1, 0.15) is 11.1 Å². The van der Waals surface area contributed by atoms with Gasteiger partial charge in [0.2, 0.25) is 5.96 Å². The number of amides is 1. The van der Waals surface area contributed by atoms with E-state index in [1.807, 2.05) is 32.6 Å². The van der Waals surface area contributed by atoms with Crippen molar-refractivity contribution >= 4 is 23.7 Å². The highest BCUT2D eigenvalue weighted by molar-refractivity contribution is 6.20. The summed E-state index contributed by atoms with van der Waals surface area (Å²) in [5.74, 6) is 0.531. The molecule has 0 N–H and O–H groups in total. The Hall–Kier alpha value is -1.37. The first-order valence-electron chi connectivity index (χ1n) is 7.40. The molecule has 1 aliphatic heterocycles. The molecular formula is C14H26ClN5O2. The second-order valence-electron chi connectivity index (χ2n) is 6.28. The van der Waals surface area contributed by atoms with Crippen LogP contribution in [0.5, 0.6) is 0 Å². The normalized spacial score (nSPS) is 22.1. The van der Waals surface area contributed by atoms with Gasteiger partial charge in [0.15, 0.2) is 0 Å². The first-order chi connectivity index (χ1) is 10.1. The van der Waals surface area contributed by atoms with E-state index >= 15 is 0 Å². The topological polar surface area (TPSA) is 69.9 Å². The van der Waals surface area contributed by atoms with Crippen molar-refractivity contribution < 1.29 is 9.53 Å². The summed E-state index contributed by atoms with van der Waals surface area (Å²) < 4.78 is 5.41. The van der Waals surface area contributed by atoms with Crippen LogP contribution in [-0.4, -0.2) is 65.7 Å². The van der Waals surface area contributed by atoms with Gasteiger partial charge in [-0.2, -0.15) is 5.11 Å². The third-order valence-corrected chi connectivity index (χ3v) is 3.13. The van der Waals surface area contributed by atoms with Crippen LogP contribution in [0, 0.1) is 0 Å². The lowest BCUT2D eigenvalue weighted by molar-refractivity contribution is 0.0132. The minimum absolute atomic E-state index is 0.0737. The summed E-state index contributed by atoms with van der Waals surface area (Å²) in [4.78, 5) is 20.0. The molecule has 7 nitrogen and oxygen atoms in total. The van der Waals surface area contributed by atoms with E-state index in [1.54, 1.807) is 18.9 Å². The monoisotopic (exact) mass is 331 g/mol. The molecule has 1 rings (SSSR count). The molecule has 126 valence electrons. The summed E-state index contributed by atoms with van der Waals surface area (Å²) in [5.41, 5.74) is -0.881. The van der Waals surface area contributed by atoms with Crippen LogP contribution in [0.1, 0.15) is 34.6 Å². The van der Waals surface area contributed by atoms with Crippen LogP contribution in [0.2, 0.25) is 0 Å². The third kappa shape index (κ3) is 5.79. The Morgan fingerprint density at radius 3 is 2.45 bits per heavy atom. The third-order valence-electron chi connectivity index (χ3n) is 3.04. The number of halogens is 1. The molecule has 0 aliphatic carbocycles. The van der Waals surface area contributed by atoms with Crippen molar-refractivity contribution in [2.75, 3.05) is 26.7 Å². The molecule has 0 aromatic heterocycles. The average Bonchev–Trinajstić information content (AvgIpc) is 2.38. The van der Waals surface area contributed by atoms with E-state index in [2.05, 4.69) is 15.2 Å². The number of nitrogens with zero attached hydrogens (tertiary/aromatic N) is 5. The highest BCUT2D eigenvalue weighted by Crippen LogP contribution is 2.16. The fourth-order valence-corrected chi connectivity index (χ4v) is 2.15. The summed E-state index contributed by atoms with van der Waals surface area (Å²) in [6.45, 7) is 11.1. The van der Waals surface area contributed by atoms with Gasteiger partial charge in [-0.15, -0.1) is 5.11 Å². The number of piperazine rings is 1. The van der Waals surface area contributed by atoms with Crippen molar-refractivity contribution in [2.45, 2.75) is 51.8 Å². The fraction of sp³-hybridized carbons (Fsp3) is 0.857. The van der Waals surface area contributed by atoms with E-state index < -0.39 is 11.1 Å². The molecule has 8 heteroatoms. The molecular weight excluding hydrogens is 306 g/mol. The largest absolute Gasteiger partial charge is 0.444 e. The Balaban J connectivity index is 2.68. The molecule has 2 atom stereocenters. The van der Waals surface area contributed by atoms with E-state index in [4.69, 9.17) is 16.3 Å². The number of hydrogen-bond acceptors (Lipinski definition) is 4. The number of guanidine groups is 1. The molecule has 0 aromatic carbocycles. The van der Waals surface area contributed by atoms with Crippen molar-refractivity contribution in [3.8, 4) is 0 Å². The zero-order valence-corrected chi connectivity index (χ0v) is 15.0. The summed E-state index contributed by atoms with van der Waals surface area (Å²) in [6, 6.07) is 0.0737. The number of aliphatic imine (C=N–C) groups is 1. The van der Waals surface area contributed by atoms with E-state index in [9.17, 15) is 4.79 Å². The van der Waals surface area contributed by atoms with Gasteiger partial charge in [-0.05, 0) is 34.6 Å². The van der Waals surface area contributed by atoms with Crippen LogP contribution < -0.4 is 0 Å². The smallest absolute Gasteiger partial charge is 0.410 e. The molecule has 22 heavy (non-hydrogen) atoms. The zero-order chi connectivity index (χ0) is 16.9. The van der Waals surface area contributed by atoms with Crippen molar-refractivity contribution in [1.82, 2.24) is 9.80 Å². The van der Waals surface area contributed by atoms with Crippen LogP contribution in [0.4, 0.5) is 4.79 Å². The van der Waals surface area contributed by atoms with Gasteiger partial charge in [0.05, 0.1) is 0 Å². The molecule has 0 spiro atoms. The van der Waals surface area contributed by atoms with Crippen molar-refractivity contribution in [2.24, 2.45) is 15.2 Å². The van der Waals surface area contributed by atoms with Crippen LogP contribution >= 0.6 is 11.6 Å². The second-order valence-corrected chi connectivity index (χ2v) is 6.91. The van der Waals surface area contributed by atoms with Gasteiger partial charge in [-0.1, -0.05) is 11.6 Å². The summed E-state index contributed by atoms with van der Waals surface area (Å²) >= 11 is 5.78. The molecule has 0 bridgehead atoms. The number of carbonyl (C=O) groups is 1. The molecule has 0 radical (unpaired) electrons.